The van der Waals surface area contributed by atoms with E-state index in [1.165, 1.54) is 25.7 Å². The van der Waals surface area contributed by atoms with Crippen LogP contribution in [0, 0.1) is 0 Å². The first-order valence-corrected chi connectivity index (χ1v) is 6.65. The van der Waals surface area contributed by atoms with E-state index in [-0.39, 0.29) is 6.42 Å². The summed E-state index contributed by atoms with van der Waals surface area (Å²) in [5, 5.41) is 17.4. The molecule has 2 N–H and O–H groups in total. The highest BCUT2D eigenvalue weighted by Gasteiger charge is 2.18. The number of carbonyl (C=O) groups is 2. The Morgan fingerprint density at radius 2 is 1.61 bits per heavy atom. The van der Waals surface area contributed by atoms with Crippen LogP contribution < -0.4 is 0 Å². The molecule has 0 aromatic rings. The van der Waals surface area contributed by atoms with Crippen LogP contribution in [-0.2, 0) is 14.3 Å². The van der Waals surface area contributed by atoms with Crippen molar-refractivity contribution in [3.05, 3.63) is 0 Å². The summed E-state index contributed by atoms with van der Waals surface area (Å²) < 4.78 is 4.36. The van der Waals surface area contributed by atoms with Crippen molar-refractivity contribution < 1.29 is 24.5 Å². The number of hydrogen-bond acceptors (Lipinski definition) is 5. The first-order valence-electron chi connectivity index (χ1n) is 6.65. The zero-order valence-corrected chi connectivity index (χ0v) is 11.1. The van der Waals surface area contributed by atoms with Gasteiger partial charge in [-0.05, 0) is 6.42 Å². The largest absolute Gasteiger partial charge is 0.393 e. The number of hydrogen-bond donors (Lipinski definition) is 2. The predicted octanol–water partition coefficient (Wildman–Crippen LogP) is 1.55. The first kappa shape index (κ1) is 17.1. The highest BCUT2D eigenvalue weighted by Crippen LogP contribution is 2.08. The fourth-order valence-electron chi connectivity index (χ4n) is 1.53. The minimum absolute atomic E-state index is 0.178. The summed E-state index contributed by atoms with van der Waals surface area (Å²) >= 11 is 0. The van der Waals surface area contributed by atoms with E-state index in [1.54, 1.807) is 0 Å². The molecule has 0 fully saturated rings. The molecule has 0 rings (SSSR count). The average Bonchev–Trinajstić information content (AvgIpc) is 2.36. The second-order valence-corrected chi connectivity index (χ2v) is 4.36. The van der Waals surface area contributed by atoms with Crippen LogP contribution in [-0.4, -0.2) is 34.9 Å². The fourth-order valence-corrected chi connectivity index (χ4v) is 1.53. The number of carbonyl (C=O) groups excluding carboxylic acids is 2. The summed E-state index contributed by atoms with van der Waals surface area (Å²) in [7, 11) is 0. The standard InChI is InChI=1S/C13H24O5/c1-2-3-4-5-6-7-8-9-12(16)18-13(17)11(15)10-14/h11,14-15H,2-10H2,1H3/t11-/m1/s1. The van der Waals surface area contributed by atoms with Gasteiger partial charge in [0.15, 0.2) is 6.10 Å². The van der Waals surface area contributed by atoms with Gasteiger partial charge in [0.05, 0.1) is 6.61 Å². The second kappa shape index (κ2) is 11.2. The van der Waals surface area contributed by atoms with Gasteiger partial charge in [-0.25, -0.2) is 4.79 Å². The van der Waals surface area contributed by atoms with Gasteiger partial charge in [-0.15, -0.1) is 0 Å². The van der Waals surface area contributed by atoms with E-state index in [4.69, 9.17) is 10.2 Å². The van der Waals surface area contributed by atoms with Crippen LogP contribution in [0.25, 0.3) is 0 Å². The lowest BCUT2D eigenvalue weighted by atomic mass is 10.1. The Hall–Kier alpha value is -0.940. The van der Waals surface area contributed by atoms with Gasteiger partial charge in [0.2, 0.25) is 0 Å². The molecule has 0 amide bonds. The van der Waals surface area contributed by atoms with E-state index in [0.29, 0.717) is 6.42 Å². The van der Waals surface area contributed by atoms with Gasteiger partial charge in [0.1, 0.15) is 0 Å². The summed E-state index contributed by atoms with van der Waals surface area (Å²) in [6.07, 6.45) is 6.12. The third-order valence-electron chi connectivity index (χ3n) is 2.64. The Morgan fingerprint density at radius 1 is 1.06 bits per heavy atom. The number of rotatable bonds is 10. The van der Waals surface area contributed by atoms with E-state index < -0.39 is 24.6 Å². The van der Waals surface area contributed by atoms with Crippen LogP contribution >= 0.6 is 0 Å². The maximum Gasteiger partial charge on any atom is 0.345 e. The molecule has 0 aromatic carbocycles. The van der Waals surface area contributed by atoms with E-state index in [2.05, 4.69) is 11.7 Å². The topological polar surface area (TPSA) is 83.8 Å². The maximum absolute atomic E-state index is 11.2. The van der Waals surface area contributed by atoms with Crippen LogP contribution in [0.3, 0.4) is 0 Å². The minimum Gasteiger partial charge on any atom is -0.393 e. The number of aliphatic hydroxyl groups is 2. The number of ether oxygens (including phenoxy) is 1. The molecule has 0 aliphatic carbocycles. The van der Waals surface area contributed by atoms with E-state index in [0.717, 1.165) is 12.8 Å². The lowest BCUT2D eigenvalue weighted by Crippen LogP contribution is -2.28. The highest BCUT2D eigenvalue weighted by molar-refractivity contribution is 5.87. The van der Waals surface area contributed by atoms with Crippen molar-refractivity contribution in [1.29, 1.82) is 0 Å². The fraction of sp³-hybridized carbons (Fsp3) is 0.846. The summed E-state index contributed by atoms with van der Waals surface area (Å²) in [6.45, 7) is 1.43. The Bertz CT molecular complexity index is 240. The van der Waals surface area contributed by atoms with Crippen LogP contribution in [0.1, 0.15) is 58.3 Å². The Balaban J connectivity index is 3.45. The van der Waals surface area contributed by atoms with Crippen molar-refractivity contribution in [1.82, 2.24) is 0 Å². The second-order valence-electron chi connectivity index (χ2n) is 4.36. The summed E-state index contributed by atoms with van der Waals surface area (Å²) in [5.41, 5.74) is 0. The molecule has 0 aromatic heterocycles. The van der Waals surface area contributed by atoms with E-state index in [1.807, 2.05) is 0 Å². The molecule has 0 saturated heterocycles. The van der Waals surface area contributed by atoms with Gasteiger partial charge in [0.25, 0.3) is 0 Å². The Labute approximate surface area is 108 Å². The molecule has 5 nitrogen and oxygen atoms in total. The molecule has 1 atom stereocenters. The van der Waals surface area contributed by atoms with Gasteiger partial charge in [-0.2, -0.15) is 0 Å². The predicted molar refractivity (Wildman–Crippen MR) is 66.8 cm³/mol. The van der Waals surface area contributed by atoms with Gasteiger partial charge in [-0.1, -0.05) is 45.4 Å². The molecule has 0 saturated carbocycles. The number of unbranched alkanes of at least 4 members (excludes halogenated alkanes) is 6. The molecule has 0 unspecified atom stereocenters. The van der Waals surface area contributed by atoms with Crippen LogP contribution in [0.15, 0.2) is 0 Å². The molecule has 0 heterocycles. The van der Waals surface area contributed by atoms with Gasteiger partial charge >= 0.3 is 11.9 Å². The van der Waals surface area contributed by atoms with Crippen LogP contribution in [0.5, 0.6) is 0 Å². The molecule has 0 aliphatic rings. The Kier molecular flexibility index (Phi) is 10.6. The minimum atomic E-state index is -1.62. The lowest BCUT2D eigenvalue weighted by molar-refractivity contribution is -0.167. The smallest absolute Gasteiger partial charge is 0.345 e. The summed E-state index contributed by atoms with van der Waals surface area (Å²) in [5.74, 6) is -1.72. The number of aliphatic hydroxyl groups excluding tert-OH is 2. The molecule has 106 valence electrons. The monoisotopic (exact) mass is 260 g/mol. The van der Waals surface area contributed by atoms with Crippen molar-refractivity contribution in [2.24, 2.45) is 0 Å². The van der Waals surface area contributed by atoms with Gasteiger partial charge < -0.3 is 14.9 Å². The van der Waals surface area contributed by atoms with E-state index >= 15 is 0 Å². The van der Waals surface area contributed by atoms with Crippen molar-refractivity contribution in [3.8, 4) is 0 Å². The third kappa shape index (κ3) is 9.13. The molecule has 5 heteroatoms. The van der Waals surface area contributed by atoms with E-state index in [9.17, 15) is 9.59 Å². The van der Waals surface area contributed by atoms with Gasteiger partial charge in [0, 0.05) is 6.42 Å². The molecule has 0 radical (unpaired) electrons. The summed E-state index contributed by atoms with van der Waals surface area (Å²) in [4.78, 5) is 22.1. The first-order chi connectivity index (χ1) is 8.61. The molecule has 0 spiro atoms. The van der Waals surface area contributed by atoms with Crippen molar-refractivity contribution in [3.63, 3.8) is 0 Å². The van der Waals surface area contributed by atoms with Crippen LogP contribution in [0.2, 0.25) is 0 Å². The zero-order chi connectivity index (χ0) is 13.8. The molecule has 18 heavy (non-hydrogen) atoms. The zero-order valence-electron chi connectivity index (χ0n) is 11.1. The lowest BCUT2D eigenvalue weighted by Gasteiger charge is -2.06. The third-order valence-corrected chi connectivity index (χ3v) is 2.64. The van der Waals surface area contributed by atoms with Gasteiger partial charge in [-0.3, -0.25) is 4.79 Å². The van der Waals surface area contributed by atoms with Crippen molar-refractivity contribution in [2.75, 3.05) is 6.61 Å². The van der Waals surface area contributed by atoms with Crippen LogP contribution in [0.4, 0.5) is 0 Å². The average molecular weight is 260 g/mol. The summed E-state index contributed by atoms with van der Waals surface area (Å²) in [6, 6.07) is 0. The Morgan fingerprint density at radius 3 is 2.17 bits per heavy atom. The maximum atomic E-state index is 11.2. The molecule has 0 bridgehead atoms. The van der Waals surface area contributed by atoms with Crippen molar-refractivity contribution in [2.45, 2.75) is 64.4 Å². The molecular formula is C13H24O5. The molecular weight excluding hydrogens is 236 g/mol. The van der Waals surface area contributed by atoms with Crippen molar-refractivity contribution >= 4 is 11.9 Å². The SMILES string of the molecule is CCCCCCCCCC(=O)OC(=O)[C@H](O)CO. The highest BCUT2D eigenvalue weighted by atomic mass is 16.6. The normalized spacial score (nSPS) is 12.2. The number of esters is 2. The molecule has 0 aliphatic heterocycles. The quantitative estimate of drug-likeness (QED) is 0.354.